The zero-order chi connectivity index (χ0) is 14.6. The third kappa shape index (κ3) is 3.17. The van der Waals surface area contributed by atoms with Crippen LogP contribution in [-0.4, -0.2) is 29.5 Å². The minimum Gasteiger partial charge on any atom is -0.399 e. The molecule has 3 N–H and O–H groups in total. The molecule has 0 unspecified atom stereocenters. The normalized spacial score (nSPS) is 11.9. The minimum atomic E-state index is -3.54. The Morgan fingerprint density at radius 1 is 1.25 bits per heavy atom. The topological polar surface area (TPSA) is 92.1 Å². The van der Waals surface area contributed by atoms with Crippen LogP contribution in [0.1, 0.15) is 18.9 Å². The molecule has 0 bridgehead atoms. The first kappa shape index (κ1) is 14.5. The smallest absolute Gasteiger partial charge is 0.260 e. The van der Waals surface area contributed by atoms with Gasteiger partial charge in [0.1, 0.15) is 0 Å². The van der Waals surface area contributed by atoms with Crippen molar-refractivity contribution in [1.82, 2.24) is 14.5 Å². The van der Waals surface area contributed by atoms with Crippen molar-refractivity contribution in [3.8, 4) is 0 Å². The van der Waals surface area contributed by atoms with Crippen molar-refractivity contribution in [2.45, 2.75) is 24.9 Å². The molecular weight excluding hydrogens is 276 g/mol. The quantitative estimate of drug-likeness (QED) is 0.791. The van der Waals surface area contributed by atoms with Gasteiger partial charge >= 0.3 is 0 Å². The van der Waals surface area contributed by atoms with E-state index in [2.05, 4.69) is 10.2 Å². The molecule has 0 saturated heterocycles. The number of benzene rings is 1. The van der Waals surface area contributed by atoms with Crippen molar-refractivity contribution in [2.75, 3.05) is 12.3 Å². The van der Waals surface area contributed by atoms with Crippen LogP contribution < -0.4 is 5.73 Å². The molecule has 0 spiro atoms. The number of nitrogen functional groups attached to an aromatic ring is 1. The van der Waals surface area contributed by atoms with Gasteiger partial charge in [-0.3, -0.25) is 5.10 Å². The summed E-state index contributed by atoms with van der Waals surface area (Å²) < 4.78 is 26.4. The number of aromatic amines is 1. The molecule has 0 radical (unpaired) electrons. The molecular formula is C13H18N4O2S. The van der Waals surface area contributed by atoms with Gasteiger partial charge in [-0.2, -0.15) is 9.40 Å². The third-order valence-corrected chi connectivity index (χ3v) is 4.68. The number of hydrogen-bond donors (Lipinski definition) is 2. The summed E-state index contributed by atoms with van der Waals surface area (Å²) in [5.74, 6) is 0. The molecule has 0 amide bonds. The number of nitrogens with two attached hydrogens (primary N) is 1. The second kappa shape index (κ2) is 6.06. The van der Waals surface area contributed by atoms with Crippen LogP contribution in [0.2, 0.25) is 0 Å². The van der Waals surface area contributed by atoms with Crippen molar-refractivity contribution < 1.29 is 8.42 Å². The standard InChI is InChI=1S/C13H18N4O2S/c1-2-9-17(10-11-3-5-12(14)6-4-11)20(18,19)13-7-8-15-16-13/h3-8H,2,9-10,14H2,1H3,(H,15,16). The molecule has 0 aliphatic rings. The molecule has 2 rings (SSSR count). The summed E-state index contributed by atoms with van der Waals surface area (Å²) in [6.07, 6.45) is 2.17. The van der Waals surface area contributed by atoms with E-state index < -0.39 is 10.0 Å². The molecule has 0 fully saturated rings. The zero-order valence-corrected chi connectivity index (χ0v) is 12.1. The Bertz CT molecular complexity index is 636. The SMILES string of the molecule is CCCN(Cc1ccc(N)cc1)S(=O)(=O)c1ccn[nH]1. The van der Waals surface area contributed by atoms with Crippen LogP contribution in [0.5, 0.6) is 0 Å². The van der Waals surface area contributed by atoms with Crippen LogP contribution >= 0.6 is 0 Å². The third-order valence-electron chi connectivity index (χ3n) is 2.90. The Hall–Kier alpha value is -1.86. The van der Waals surface area contributed by atoms with Crippen molar-refractivity contribution in [1.29, 1.82) is 0 Å². The maximum absolute atomic E-state index is 12.5. The monoisotopic (exact) mass is 294 g/mol. The summed E-state index contributed by atoms with van der Waals surface area (Å²) in [4.78, 5) is 0. The molecule has 7 heteroatoms. The number of H-pyrrole nitrogens is 1. The molecule has 0 saturated carbocycles. The van der Waals surface area contributed by atoms with E-state index >= 15 is 0 Å². The van der Waals surface area contributed by atoms with E-state index in [4.69, 9.17) is 5.73 Å². The molecule has 1 aromatic carbocycles. The van der Waals surface area contributed by atoms with E-state index in [0.717, 1.165) is 12.0 Å². The Balaban J connectivity index is 2.25. The van der Waals surface area contributed by atoms with Crippen LogP contribution in [0.4, 0.5) is 5.69 Å². The summed E-state index contributed by atoms with van der Waals surface area (Å²) in [5, 5.41) is 6.33. The maximum Gasteiger partial charge on any atom is 0.260 e. The molecule has 1 heterocycles. The van der Waals surface area contributed by atoms with Crippen LogP contribution in [0.15, 0.2) is 41.6 Å². The Morgan fingerprint density at radius 2 is 1.95 bits per heavy atom. The number of sulfonamides is 1. The zero-order valence-electron chi connectivity index (χ0n) is 11.3. The predicted molar refractivity (Wildman–Crippen MR) is 77.3 cm³/mol. The van der Waals surface area contributed by atoms with E-state index in [0.29, 0.717) is 18.8 Å². The van der Waals surface area contributed by atoms with Gasteiger partial charge in [-0.15, -0.1) is 0 Å². The summed E-state index contributed by atoms with van der Waals surface area (Å²) in [7, 11) is -3.54. The van der Waals surface area contributed by atoms with E-state index in [9.17, 15) is 8.42 Å². The minimum absolute atomic E-state index is 0.112. The summed E-state index contributed by atoms with van der Waals surface area (Å²) >= 11 is 0. The maximum atomic E-state index is 12.5. The average molecular weight is 294 g/mol. The van der Waals surface area contributed by atoms with Crippen LogP contribution in [0, 0.1) is 0 Å². The lowest BCUT2D eigenvalue weighted by Gasteiger charge is -2.20. The number of nitrogens with zero attached hydrogens (tertiary/aromatic N) is 2. The first-order chi connectivity index (χ1) is 9.54. The fraction of sp³-hybridized carbons (Fsp3) is 0.308. The van der Waals surface area contributed by atoms with Gasteiger partial charge in [-0.05, 0) is 30.2 Å². The fourth-order valence-electron chi connectivity index (χ4n) is 1.89. The molecule has 2 aromatic rings. The van der Waals surface area contributed by atoms with Gasteiger partial charge in [0, 0.05) is 18.8 Å². The predicted octanol–water partition coefficient (Wildman–Crippen LogP) is 1.59. The van der Waals surface area contributed by atoms with Gasteiger partial charge in [-0.1, -0.05) is 19.1 Å². The van der Waals surface area contributed by atoms with E-state index in [1.807, 2.05) is 19.1 Å². The molecule has 0 aliphatic carbocycles. The number of anilines is 1. The Morgan fingerprint density at radius 3 is 2.50 bits per heavy atom. The fourth-order valence-corrected chi connectivity index (χ4v) is 3.31. The van der Waals surface area contributed by atoms with Crippen LogP contribution in [0.25, 0.3) is 0 Å². The van der Waals surface area contributed by atoms with Gasteiger partial charge in [-0.25, -0.2) is 8.42 Å². The number of nitrogens with one attached hydrogen (secondary N) is 1. The summed E-state index contributed by atoms with van der Waals surface area (Å²) in [5.41, 5.74) is 7.19. The Labute approximate surface area is 118 Å². The molecule has 108 valence electrons. The van der Waals surface area contributed by atoms with Crippen molar-refractivity contribution in [2.24, 2.45) is 0 Å². The highest BCUT2D eigenvalue weighted by molar-refractivity contribution is 7.89. The van der Waals surface area contributed by atoms with Gasteiger partial charge in [0.05, 0.1) is 6.20 Å². The number of rotatable bonds is 6. The van der Waals surface area contributed by atoms with Gasteiger partial charge in [0.2, 0.25) is 0 Å². The number of aromatic nitrogens is 2. The molecule has 0 atom stereocenters. The first-order valence-corrected chi connectivity index (χ1v) is 7.82. The van der Waals surface area contributed by atoms with Crippen LogP contribution in [-0.2, 0) is 16.6 Å². The molecule has 20 heavy (non-hydrogen) atoms. The lowest BCUT2D eigenvalue weighted by Crippen LogP contribution is -2.31. The van der Waals surface area contributed by atoms with Crippen LogP contribution in [0.3, 0.4) is 0 Å². The van der Waals surface area contributed by atoms with Crippen molar-refractivity contribution in [3.05, 3.63) is 42.1 Å². The molecule has 0 aliphatic heterocycles. The molecule has 6 nitrogen and oxygen atoms in total. The van der Waals surface area contributed by atoms with Crippen molar-refractivity contribution in [3.63, 3.8) is 0 Å². The second-order valence-corrected chi connectivity index (χ2v) is 6.41. The van der Waals surface area contributed by atoms with E-state index in [1.54, 1.807) is 12.1 Å². The number of hydrogen-bond acceptors (Lipinski definition) is 4. The lowest BCUT2D eigenvalue weighted by molar-refractivity contribution is 0.403. The van der Waals surface area contributed by atoms with Gasteiger partial charge < -0.3 is 5.73 Å². The van der Waals surface area contributed by atoms with Gasteiger partial charge in [0.15, 0.2) is 5.03 Å². The van der Waals surface area contributed by atoms with E-state index in [1.165, 1.54) is 16.6 Å². The molecule has 1 aromatic heterocycles. The highest BCUT2D eigenvalue weighted by Gasteiger charge is 2.25. The van der Waals surface area contributed by atoms with E-state index in [-0.39, 0.29) is 5.03 Å². The summed E-state index contributed by atoms with van der Waals surface area (Å²) in [6.45, 7) is 2.71. The van der Waals surface area contributed by atoms with Gasteiger partial charge in [0.25, 0.3) is 10.0 Å². The first-order valence-electron chi connectivity index (χ1n) is 6.38. The largest absolute Gasteiger partial charge is 0.399 e. The lowest BCUT2D eigenvalue weighted by atomic mass is 10.2. The summed E-state index contributed by atoms with van der Waals surface area (Å²) in [6, 6.07) is 8.66. The Kier molecular flexibility index (Phi) is 4.41. The second-order valence-electron chi connectivity index (χ2n) is 4.50. The average Bonchev–Trinajstić information content (AvgIpc) is 2.95. The van der Waals surface area contributed by atoms with Crippen molar-refractivity contribution >= 4 is 15.7 Å². The highest BCUT2D eigenvalue weighted by Crippen LogP contribution is 2.17. The highest BCUT2D eigenvalue weighted by atomic mass is 32.2.